The van der Waals surface area contributed by atoms with Crippen molar-refractivity contribution in [2.75, 3.05) is 0 Å². The van der Waals surface area contributed by atoms with Gasteiger partial charge >= 0.3 is 0 Å². The van der Waals surface area contributed by atoms with E-state index in [4.69, 9.17) is 0 Å². The van der Waals surface area contributed by atoms with Crippen molar-refractivity contribution in [3.8, 4) is 33.4 Å². The third-order valence-corrected chi connectivity index (χ3v) is 12.3. The van der Waals surface area contributed by atoms with Gasteiger partial charge in [-0.2, -0.15) is 0 Å². The van der Waals surface area contributed by atoms with Crippen LogP contribution in [0.2, 0.25) is 0 Å². The molecule has 47 heavy (non-hydrogen) atoms. The van der Waals surface area contributed by atoms with E-state index in [1.807, 2.05) is 0 Å². The molecule has 0 fully saturated rings. The van der Waals surface area contributed by atoms with Crippen LogP contribution in [0.15, 0.2) is 176 Å². The molecule has 0 bridgehead atoms. The predicted octanol–water partition coefficient (Wildman–Crippen LogP) is 11.4. The lowest BCUT2D eigenvalue weighted by Crippen LogP contribution is -2.20. The van der Waals surface area contributed by atoms with Crippen molar-refractivity contribution in [1.82, 2.24) is 0 Å². The Labute approximate surface area is 275 Å². The van der Waals surface area contributed by atoms with E-state index in [0.717, 1.165) is 0 Å². The smallest absolute Gasteiger partial charge is 0.00201 e. The van der Waals surface area contributed by atoms with Gasteiger partial charge in [-0.3, -0.25) is 0 Å². The maximum Gasteiger partial charge on any atom is -0.00201 e. The average molecular weight is 613 g/mol. The minimum atomic E-state index is -0.642. The lowest BCUT2D eigenvalue weighted by molar-refractivity contribution is 1.70. The summed E-state index contributed by atoms with van der Waals surface area (Å²) in [5.41, 5.74) is 7.91. The largest absolute Gasteiger partial charge is 0.0622 e. The van der Waals surface area contributed by atoms with Crippen molar-refractivity contribution in [3.63, 3.8) is 0 Å². The SMILES string of the molecule is c1ccc(P(c2ccccc2)c2ccc3c(ccc4cc(-c5ccc6c7c(cccc57)-c5cc7ccccc7cc5-6)ccc43)c2)cc1. The average Bonchev–Trinajstić information content (AvgIpc) is 3.45. The Kier molecular flexibility index (Phi) is 5.95. The normalized spacial score (nSPS) is 12.0. The number of hydrogen-bond acceptors (Lipinski definition) is 0. The summed E-state index contributed by atoms with van der Waals surface area (Å²) < 4.78 is 0. The van der Waals surface area contributed by atoms with Gasteiger partial charge in [0.15, 0.2) is 0 Å². The fourth-order valence-corrected chi connectivity index (χ4v) is 10.1. The quantitative estimate of drug-likeness (QED) is 0.137. The predicted molar refractivity (Wildman–Crippen MR) is 205 cm³/mol. The van der Waals surface area contributed by atoms with Crippen LogP contribution in [0.4, 0.5) is 0 Å². The number of benzene rings is 9. The molecule has 0 aromatic heterocycles. The molecule has 1 aliphatic rings. The van der Waals surface area contributed by atoms with Crippen LogP contribution in [0.1, 0.15) is 0 Å². The van der Waals surface area contributed by atoms with Crippen molar-refractivity contribution in [3.05, 3.63) is 176 Å². The molecular weight excluding hydrogens is 583 g/mol. The Hall–Kier alpha value is -5.55. The highest BCUT2D eigenvalue weighted by Gasteiger charge is 2.23. The first kappa shape index (κ1) is 26.6. The molecule has 0 nitrogen and oxygen atoms in total. The molecule has 0 heterocycles. The second kappa shape index (κ2) is 10.5. The lowest BCUT2D eigenvalue weighted by Gasteiger charge is -2.20. The second-order valence-corrected chi connectivity index (χ2v) is 14.8. The van der Waals surface area contributed by atoms with Gasteiger partial charge in [0, 0.05) is 0 Å². The van der Waals surface area contributed by atoms with Crippen LogP contribution in [0.25, 0.3) is 76.5 Å². The first-order valence-electron chi connectivity index (χ1n) is 16.3. The molecule has 10 rings (SSSR count). The molecule has 1 heteroatoms. The third kappa shape index (κ3) is 4.19. The summed E-state index contributed by atoms with van der Waals surface area (Å²) in [6.45, 7) is 0. The summed E-state index contributed by atoms with van der Waals surface area (Å²) >= 11 is 0. The highest BCUT2D eigenvalue weighted by molar-refractivity contribution is 7.79. The number of rotatable bonds is 4. The number of fused-ring (bicyclic) bond motifs is 7. The van der Waals surface area contributed by atoms with Crippen LogP contribution in [-0.4, -0.2) is 0 Å². The zero-order chi connectivity index (χ0) is 30.9. The van der Waals surface area contributed by atoms with E-state index in [1.54, 1.807) is 0 Å². The van der Waals surface area contributed by atoms with Crippen molar-refractivity contribution < 1.29 is 0 Å². The van der Waals surface area contributed by atoms with E-state index in [-0.39, 0.29) is 0 Å². The molecule has 9 aromatic rings. The van der Waals surface area contributed by atoms with Gasteiger partial charge in [0.1, 0.15) is 0 Å². The van der Waals surface area contributed by atoms with Gasteiger partial charge in [0.2, 0.25) is 0 Å². The fraction of sp³-hybridized carbons (Fsp3) is 0. The van der Waals surface area contributed by atoms with E-state index >= 15 is 0 Å². The molecule has 0 aliphatic heterocycles. The maximum absolute atomic E-state index is 2.42. The molecular formula is C46H29P. The molecule has 218 valence electrons. The van der Waals surface area contributed by atoms with Crippen molar-refractivity contribution in [2.24, 2.45) is 0 Å². The molecule has 0 radical (unpaired) electrons. The van der Waals surface area contributed by atoms with Crippen LogP contribution in [0.5, 0.6) is 0 Å². The molecule has 0 spiro atoms. The minimum absolute atomic E-state index is 0.642. The topological polar surface area (TPSA) is 0 Å². The Morgan fingerprint density at radius 2 is 0.851 bits per heavy atom. The Bertz CT molecular complexity index is 2580. The third-order valence-electron chi connectivity index (χ3n) is 9.92. The molecule has 1 aliphatic carbocycles. The summed E-state index contributed by atoms with van der Waals surface area (Å²) in [6, 6.07) is 65.6. The lowest BCUT2D eigenvalue weighted by atomic mass is 9.92. The zero-order valence-electron chi connectivity index (χ0n) is 25.7. The highest BCUT2D eigenvalue weighted by Crippen LogP contribution is 2.50. The van der Waals surface area contributed by atoms with Crippen LogP contribution in [0.3, 0.4) is 0 Å². The summed E-state index contributed by atoms with van der Waals surface area (Å²) in [4.78, 5) is 0. The first-order chi connectivity index (χ1) is 23.3. The van der Waals surface area contributed by atoms with Crippen LogP contribution >= 0.6 is 7.92 Å². The zero-order valence-corrected chi connectivity index (χ0v) is 26.6. The van der Waals surface area contributed by atoms with Gasteiger partial charge < -0.3 is 0 Å². The van der Waals surface area contributed by atoms with Crippen LogP contribution in [-0.2, 0) is 0 Å². The second-order valence-electron chi connectivity index (χ2n) is 12.5. The van der Waals surface area contributed by atoms with Crippen molar-refractivity contribution in [2.45, 2.75) is 0 Å². The molecule has 0 atom stereocenters. The Morgan fingerprint density at radius 1 is 0.277 bits per heavy atom. The highest BCUT2D eigenvalue weighted by atomic mass is 31.1. The van der Waals surface area contributed by atoms with E-state index in [1.165, 1.54) is 92.4 Å². The monoisotopic (exact) mass is 612 g/mol. The summed E-state index contributed by atoms with van der Waals surface area (Å²) in [5.74, 6) is 0. The first-order valence-corrected chi connectivity index (χ1v) is 17.6. The standard InChI is InChI=1S/C46H29P/c1-3-12-35(13-4-1)47(36-14-5-2-6-15-36)37-21-23-39-34(27-37)19-18-32-26-33(20-22-38(32)39)40-24-25-43-45-29-31-11-8-7-10-30(31)28-44(45)42-17-9-16-41(40)46(42)43/h1-29H. The molecule has 0 N–H and O–H groups in total. The Morgan fingerprint density at radius 3 is 1.53 bits per heavy atom. The van der Waals surface area contributed by atoms with Gasteiger partial charge in [0.25, 0.3) is 0 Å². The molecule has 0 saturated heterocycles. The number of hydrogen-bond donors (Lipinski definition) is 0. The molecule has 0 saturated carbocycles. The van der Waals surface area contributed by atoms with Gasteiger partial charge in [-0.25, -0.2) is 0 Å². The van der Waals surface area contributed by atoms with Crippen LogP contribution in [0, 0.1) is 0 Å². The van der Waals surface area contributed by atoms with E-state index < -0.39 is 7.92 Å². The molecule has 0 amide bonds. The summed E-state index contributed by atoms with van der Waals surface area (Å²) in [6.07, 6.45) is 0. The summed E-state index contributed by atoms with van der Waals surface area (Å²) in [7, 11) is -0.642. The van der Waals surface area contributed by atoms with Gasteiger partial charge in [-0.05, 0) is 125 Å². The van der Waals surface area contributed by atoms with E-state index in [2.05, 4.69) is 176 Å². The fourth-order valence-electron chi connectivity index (χ4n) is 7.76. The van der Waals surface area contributed by atoms with Crippen LogP contribution < -0.4 is 15.9 Å². The van der Waals surface area contributed by atoms with Gasteiger partial charge in [0.05, 0.1) is 0 Å². The summed E-state index contributed by atoms with van der Waals surface area (Å²) in [5, 5.41) is 14.6. The minimum Gasteiger partial charge on any atom is -0.0622 e. The molecule has 9 aromatic carbocycles. The Balaban J connectivity index is 1.08. The van der Waals surface area contributed by atoms with Gasteiger partial charge in [-0.15, -0.1) is 0 Å². The molecule has 0 unspecified atom stereocenters. The maximum atomic E-state index is 2.42. The van der Waals surface area contributed by atoms with E-state index in [9.17, 15) is 0 Å². The van der Waals surface area contributed by atoms with Crippen molar-refractivity contribution in [1.29, 1.82) is 0 Å². The van der Waals surface area contributed by atoms with E-state index in [0.29, 0.717) is 0 Å². The van der Waals surface area contributed by atoms with Crippen molar-refractivity contribution >= 4 is 66.9 Å². The van der Waals surface area contributed by atoms with Gasteiger partial charge in [-0.1, -0.05) is 152 Å².